The van der Waals surface area contributed by atoms with Crippen molar-refractivity contribution in [1.82, 2.24) is 5.43 Å². The number of benzene rings is 3. The zero-order valence-corrected chi connectivity index (χ0v) is 19.2. The second kappa shape index (κ2) is 10.3. The highest BCUT2D eigenvalue weighted by Crippen LogP contribution is 2.32. The average Bonchev–Trinajstić information content (AvgIpc) is 2.88. The molecular formula is C24H23N3O6S. The lowest BCUT2D eigenvalue weighted by Crippen LogP contribution is -2.39. The number of rotatable bonds is 8. The molecule has 0 radical (unpaired) electrons. The number of fused-ring (bicyclic) bond motifs is 1. The monoisotopic (exact) mass is 481 g/mol. The van der Waals surface area contributed by atoms with E-state index < -0.39 is 22.5 Å². The van der Waals surface area contributed by atoms with E-state index in [-0.39, 0.29) is 10.6 Å². The highest BCUT2D eigenvalue weighted by Gasteiger charge is 2.27. The molecule has 0 saturated carbocycles. The van der Waals surface area contributed by atoms with Crippen molar-refractivity contribution in [1.29, 1.82) is 0 Å². The van der Waals surface area contributed by atoms with Crippen LogP contribution in [-0.4, -0.2) is 47.4 Å². The third-order valence-corrected chi connectivity index (χ3v) is 6.74. The summed E-state index contributed by atoms with van der Waals surface area (Å²) >= 11 is 0. The van der Waals surface area contributed by atoms with Crippen LogP contribution in [0.3, 0.4) is 0 Å². The van der Waals surface area contributed by atoms with Crippen LogP contribution in [0.4, 0.5) is 5.69 Å². The number of anilines is 1. The second-order valence-electron chi connectivity index (χ2n) is 7.19. The molecule has 1 amide bonds. The number of carbonyl (C=O) groups is 1. The highest BCUT2D eigenvalue weighted by molar-refractivity contribution is 7.92. The van der Waals surface area contributed by atoms with Gasteiger partial charge in [0.05, 0.1) is 23.9 Å². The van der Waals surface area contributed by atoms with Gasteiger partial charge in [-0.2, -0.15) is 5.10 Å². The van der Waals surface area contributed by atoms with Crippen LogP contribution < -0.4 is 23.9 Å². The SMILES string of the molecule is COc1cccc(N(CC(=O)N/N=C/c2cccc3c2OCCO3)S(=O)(=O)c2ccccc2)c1. The summed E-state index contributed by atoms with van der Waals surface area (Å²) in [5, 5.41) is 3.98. The molecule has 4 rings (SSSR count). The molecule has 0 fully saturated rings. The van der Waals surface area contributed by atoms with Crippen LogP contribution in [0.15, 0.2) is 82.8 Å². The van der Waals surface area contributed by atoms with Gasteiger partial charge in [0, 0.05) is 11.6 Å². The van der Waals surface area contributed by atoms with Crippen molar-refractivity contribution in [2.24, 2.45) is 5.10 Å². The number of nitrogens with one attached hydrogen (secondary N) is 1. The first-order chi connectivity index (χ1) is 16.5. The molecule has 1 N–H and O–H groups in total. The van der Waals surface area contributed by atoms with Crippen molar-refractivity contribution >= 4 is 27.8 Å². The molecule has 3 aromatic carbocycles. The first-order valence-electron chi connectivity index (χ1n) is 10.4. The van der Waals surface area contributed by atoms with Crippen molar-refractivity contribution in [3.8, 4) is 17.2 Å². The zero-order chi connectivity index (χ0) is 24.0. The lowest BCUT2D eigenvalue weighted by atomic mass is 10.2. The highest BCUT2D eigenvalue weighted by atomic mass is 32.2. The van der Waals surface area contributed by atoms with E-state index >= 15 is 0 Å². The molecule has 176 valence electrons. The minimum Gasteiger partial charge on any atom is -0.497 e. The summed E-state index contributed by atoms with van der Waals surface area (Å²) < 4.78 is 44.1. The number of para-hydroxylation sites is 1. The minimum atomic E-state index is -4.03. The van der Waals surface area contributed by atoms with E-state index in [0.717, 1.165) is 4.31 Å². The first-order valence-corrected chi connectivity index (χ1v) is 11.9. The molecule has 1 heterocycles. The smallest absolute Gasteiger partial charge is 0.264 e. The molecule has 34 heavy (non-hydrogen) atoms. The summed E-state index contributed by atoms with van der Waals surface area (Å²) in [6.07, 6.45) is 1.42. The maximum Gasteiger partial charge on any atom is 0.264 e. The van der Waals surface area contributed by atoms with Gasteiger partial charge >= 0.3 is 0 Å². The molecule has 0 atom stereocenters. The molecule has 3 aromatic rings. The number of hydrogen-bond donors (Lipinski definition) is 1. The maximum atomic E-state index is 13.4. The Morgan fingerprint density at radius 1 is 1.06 bits per heavy atom. The predicted octanol–water partition coefficient (Wildman–Crippen LogP) is 2.81. The molecule has 9 nitrogen and oxygen atoms in total. The van der Waals surface area contributed by atoms with Gasteiger partial charge in [0.1, 0.15) is 25.5 Å². The minimum absolute atomic E-state index is 0.0576. The van der Waals surface area contributed by atoms with Crippen LogP contribution in [0.1, 0.15) is 5.56 Å². The number of carbonyl (C=O) groups excluding carboxylic acids is 1. The molecule has 0 spiro atoms. The number of hydrazone groups is 1. The Labute approximate surface area is 197 Å². The van der Waals surface area contributed by atoms with Crippen LogP contribution in [0.2, 0.25) is 0 Å². The molecule has 0 aromatic heterocycles. The fraction of sp³-hybridized carbons (Fsp3) is 0.167. The number of ether oxygens (including phenoxy) is 3. The Balaban J connectivity index is 1.56. The van der Waals surface area contributed by atoms with Gasteiger partial charge in [-0.25, -0.2) is 13.8 Å². The summed E-state index contributed by atoms with van der Waals surface area (Å²) in [5.41, 5.74) is 3.29. The van der Waals surface area contributed by atoms with Crippen LogP contribution in [0.5, 0.6) is 17.2 Å². The molecule has 1 aliphatic rings. The van der Waals surface area contributed by atoms with Crippen molar-refractivity contribution in [3.63, 3.8) is 0 Å². The normalized spacial score (nSPS) is 12.9. The number of hydrogen-bond acceptors (Lipinski definition) is 7. The molecule has 0 saturated heterocycles. The summed E-state index contributed by atoms with van der Waals surface area (Å²) in [6, 6.07) is 19.7. The van der Waals surface area contributed by atoms with E-state index in [4.69, 9.17) is 14.2 Å². The lowest BCUT2D eigenvalue weighted by molar-refractivity contribution is -0.119. The van der Waals surface area contributed by atoms with Crippen molar-refractivity contribution < 1.29 is 27.4 Å². The summed E-state index contributed by atoms with van der Waals surface area (Å²) in [7, 11) is -2.56. The fourth-order valence-electron chi connectivity index (χ4n) is 3.34. The van der Waals surface area contributed by atoms with Crippen LogP contribution in [-0.2, 0) is 14.8 Å². The topological polar surface area (TPSA) is 107 Å². The Kier molecular flexibility index (Phi) is 6.98. The van der Waals surface area contributed by atoms with E-state index in [0.29, 0.717) is 36.0 Å². The van der Waals surface area contributed by atoms with Gasteiger partial charge in [-0.05, 0) is 36.4 Å². The number of methoxy groups -OCH3 is 1. The summed E-state index contributed by atoms with van der Waals surface area (Å²) in [5.74, 6) is 0.969. The summed E-state index contributed by atoms with van der Waals surface area (Å²) in [4.78, 5) is 12.8. The number of amides is 1. The van der Waals surface area contributed by atoms with Gasteiger partial charge in [0.2, 0.25) is 0 Å². The Morgan fingerprint density at radius 2 is 1.82 bits per heavy atom. The van der Waals surface area contributed by atoms with Crippen LogP contribution in [0.25, 0.3) is 0 Å². The third-order valence-electron chi connectivity index (χ3n) is 4.95. The Morgan fingerprint density at radius 3 is 2.62 bits per heavy atom. The van der Waals surface area contributed by atoms with Gasteiger partial charge in [-0.3, -0.25) is 9.10 Å². The van der Waals surface area contributed by atoms with E-state index in [2.05, 4.69) is 10.5 Å². The predicted molar refractivity (Wildman–Crippen MR) is 127 cm³/mol. The van der Waals surface area contributed by atoms with E-state index in [9.17, 15) is 13.2 Å². The van der Waals surface area contributed by atoms with E-state index in [1.165, 1.54) is 25.5 Å². The molecule has 0 unspecified atom stereocenters. The van der Waals surface area contributed by atoms with Gasteiger partial charge in [0.25, 0.3) is 15.9 Å². The second-order valence-corrected chi connectivity index (χ2v) is 9.05. The first kappa shape index (κ1) is 23.1. The molecule has 0 aliphatic carbocycles. The number of nitrogens with zero attached hydrogens (tertiary/aromatic N) is 2. The number of sulfonamides is 1. The largest absolute Gasteiger partial charge is 0.497 e. The Bertz CT molecular complexity index is 1300. The standard InChI is InChI=1S/C24H23N3O6S/c1-31-20-9-6-8-19(15-20)27(34(29,30)21-10-3-2-4-11-21)17-23(28)26-25-16-18-7-5-12-22-24(18)33-14-13-32-22/h2-12,15-16H,13-14,17H2,1H3,(H,26,28)/b25-16+. The molecule has 1 aliphatic heterocycles. The molecule has 10 heteroatoms. The third kappa shape index (κ3) is 5.12. The lowest BCUT2D eigenvalue weighted by Gasteiger charge is -2.24. The quantitative estimate of drug-likeness (QED) is 0.392. The summed E-state index contributed by atoms with van der Waals surface area (Å²) in [6.45, 7) is 0.381. The van der Waals surface area contributed by atoms with Crippen molar-refractivity contribution in [2.75, 3.05) is 31.2 Å². The van der Waals surface area contributed by atoms with Crippen molar-refractivity contribution in [2.45, 2.75) is 4.90 Å². The fourth-order valence-corrected chi connectivity index (χ4v) is 4.77. The van der Waals surface area contributed by atoms with Gasteiger partial charge < -0.3 is 14.2 Å². The Hall–Kier alpha value is -4.05. The van der Waals surface area contributed by atoms with Gasteiger partial charge in [0.15, 0.2) is 11.5 Å². The van der Waals surface area contributed by atoms with Gasteiger partial charge in [-0.1, -0.05) is 30.3 Å². The van der Waals surface area contributed by atoms with Gasteiger partial charge in [-0.15, -0.1) is 0 Å². The van der Waals surface area contributed by atoms with Crippen molar-refractivity contribution in [3.05, 3.63) is 78.4 Å². The van der Waals surface area contributed by atoms with E-state index in [1.807, 2.05) is 0 Å². The zero-order valence-electron chi connectivity index (χ0n) is 18.4. The molecular weight excluding hydrogens is 458 g/mol. The molecule has 0 bridgehead atoms. The average molecular weight is 482 g/mol. The van der Waals surface area contributed by atoms with Crippen LogP contribution in [0, 0.1) is 0 Å². The maximum absolute atomic E-state index is 13.4. The van der Waals surface area contributed by atoms with E-state index in [1.54, 1.807) is 60.7 Å². The van der Waals surface area contributed by atoms with Crippen LogP contribution >= 0.6 is 0 Å².